The molecule has 1 aromatic rings. The van der Waals surface area contributed by atoms with Crippen LogP contribution in [0.15, 0.2) is 42.2 Å². The maximum Gasteiger partial charge on any atom is 0.128 e. The summed E-state index contributed by atoms with van der Waals surface area (Å²) < 4.78 is 26.1. The van der Waals surface area contributed by atoms with Crippen molar-refractivity contribution in [2.45, 2.75) is 6.17 Å². The lowest BCUT2D eigenvalue weighted by molar-refractivity contribution is 0.581. The van der Waals surface area contributed by atoms with Gasteiger partial charge in [-0.2, -0.15) is 0 Å². The van der Waals surface area contributed by atoms with E-state index in [9.17, 15) is 8.78 Å². The highest BCUT2D eigenvalue weighted by atomic mass is 19.1. The van der Waals surface area contributed by atoms with E-state index >= 15 is 0 Å². The number of hydrogen-bond donors (Lipinski definition) is 2. The molecule has 0 fully saturated rings. The van der Waals surface area contributed by atoms with Crippen molar-refractivity contribution < 1.29 is 8.78 Å². The van der Waals surface area contributed by atoms with Gasteiger partial charge in [0.1, 0.15) is 17.8 Å². The fourth-order valence-electron chi connectivity index (χ4n) is 1.53. The number of allylic oxidation sites excluding steroid dienone is 2. The molecule has 2 rings (SSSR count). The molecule has 0 aliphatic carbocycles. The first-order chi connectivity index (χ1) is 7.58. The van der Waals surface area contributed by atoms with E-state index in [2.05, 4.69) is 0 Å². The molecule has 0 saturated heterocycles. The second-order valence-corrected chi connectivity index (χ2v) is 3.49. The van der Waals surface area contributed by atoms with Gasteiger partial charge in [0.25, 0.3) is 0 Å². The van der Waals surface area contributed by atoms with Gasteiger partial charge in [-0.25, -0.2) is 8.78 Å². The topological polar surface area (TPSA) is 55.3 Å². The SMILES string of the molecule is NC1=CC=CN(c2cc(F)cc(F)c2)C1N. The first-order valence-electron chi connectivity index (χ1n) is 4.72. The van der Waals surface area contributed by atoms with Crippen LogP contribution in [-0.4, -0.2) is 6.17 Å². The second kappa shape index (κ2) is 3.94. The molecule has 1 atom stereocenters. The van der Waals surface area contributed by atoms with Crippen LogP contribution in [0.4, 0.5) is 14.5 Å². The van der Waals surface area contributed by atoms with Gasteiger partial charge in [-0.3, -0.25) is 0 Å². The zero-order chi connectivity index (χ0) is 11.7. The number of rotatable bonds is 1. The van der Waals surface area contributed by atoms with Crippen LogP contribution in [0.5, 0.6) is 0 Å². The Morgan fingerprint density at radius 1 is 1.12 bits per heavy atom. The monoisotopic (exact) mass is 223 g/mol. The zero-order valence-electron chi connectivity index (χ0n) is 8.40. The predicted octanol–water partition coefficient (Wildman–Crippen LogP) is 1.43. The van der Waals surface area contributed by atoms with Gasteiger partial charge in [0.2, 0.25) is 0 Å². The van der Waals surface area contributed by atoms with Crippen molar-refractivity contribution in [1.82, 2.24) is 0 Å². The van der Waals surface area contributed by atoms with E-state index in [1.807, 2.05) is 0 Å². The third-order valence-electron chi connectivity index (χ3n) is 2.32. The van der Waals surface area contributed by atoms with E-state index in [0.717, 1.165) is 6.07 Å². The van der Waals surface area contributed by atoms with Gasteiger partial charge in [0, 0.05) is 23.7 Å². The van der Waals surface area contributed by atoms with E-state index in [1.165, 1.54) is 17.0 Å². The van der Waals surface area contributed by atoms with Gasteiger partial charge in [-0.1, -0.05) is 0 Å². The van der Waals surface area contributed by atoms with Gasteiger partial charge >= 0.3 is 0 Å². The number of nitrogens with zero attached hydrogens (tertiary/aromatic N) is 1. The highest BCUT2D eigenvalue weighted by Gasteiger charge is 2.18. The van der Waals surface area contributed by atoms with Crippen molar-refractivity contribution in [3.8, 4) is 0 Å². The minimum atomic E-state index is -0.649. The number of nitrogens with two attached hydrogens (primary N) is 2. The van der Waals surface area contributed by atoms with Gasteiger partial charge < -0.3 is 16.4 Å². The number of halogens is 2. The lowest BCUT2D eigenvalue weighted by atomic mass is 10.2. The maximum atomic E-state index is 13.0. The Kier molecular flexibility index (Phi) is 2.62. The Bertz CT molecular complexity index is 448. The lowest BCUT2D eigenvalue weighted by Gasteiger charge is -2.30. The smallest absolute Gasteiger partial charge is 0.128 e. The fourth-order valence-corrected chi connectivity index (χ4v) is 1.53. The van der Waals surface area contributed by atoms with Crippen LogP contribution in [0.3, 0.4) is 0 Å². The molecule has 1 heterocycles. The third kappa shape index (κ3) is 1.90. The van der Waals surface area contributed by atoms with Crippen LogP contribution < -0.4 is 16.4 Å². The van der Waals surface area contributed by atoms with Crippen LogP contribution in [0.25, 0.3) is 0 Å². The van der Waals surface area contributed by atoms with E-state index in [0.29, 0.717) is 11.4 Å². The van der Waals surface area contributed by atoms with Gasteiger partial charge in [-0.05, 0) is 24.3 Å². The van der Waals surface area contributed by atoms with Crippen LogP contribution in [-0.2, 0) is 0 Å². The molecule has 84 valence electrons. The molecule has 0 aromatic heterocycles. The van der Waals surface area contributed by atoms with Crippen molar-refractivity contribution in [3.63, 3.8) is 0 Å². The number of hydrogen-bond acceptors (Lipinski definition) is 3. The first kappa shape index (κ1) is 10.6. The predicted molar refractivity (Wildman–Crippen MR) is 58.2 cm³/mol. The largest absolute Gasteiger partial charge is 0.399 e. The molecule has 0 amide bonds. The molecule has 1 aliphatic rings. The Hall–Kier alpha value is -1.88. The van der Waals surface area contributed by atoms with Crippen LogP contribution in [0, 0.1) is 11.6 Å². The Morgan fingerprint density at radius 3 is 2.38 bits per heavy atom. The summed E-state index contributed by atoms with van der Waals surface area (Å²) in [5, 5.41) is 0. The molecule has 0 radical (unpaired) electrons. The molecule has 1 aromatic carbocycles. The third-order valence-corrected chi connectivity index (χ3v) is 2.32. The van der Waals surface area contributed by atoms with E-state index < -0.39 is 17.8 Å². The van der Waals surface area contributed by atoms with Gasteiger partial charge in [0.15, 0.2) is 0 Å². The summed E-state index contributed by atoms with van der Waals surface area (Å²) in [6.45, 7) is 0. The van der Waals surface area contributed by atoms with Crippen LogP contribution in [0.1, 0.15) is 0 Å². The maximum absolute atomic E-state index is 13.0. The zero-order valence-corrected chi connectivity index (χ0v) is 8.40. The lowest BCUT2D eigenvalue weighted by Crippen LogP contribution is -2.44. The molecule has 16 heavy (non-hydrogen) atoms. The van der Waals surface area contributed by atoms with E-state index in [4.69, 9.17) is 11.5 Å². The first-order valence-corrected chi connectivity index (χ1v) is 4.72. The molecular weight excluding hydrogens is 212 g/mol. The quantitative estimate of drug-likeness (QED) is 0.757. The Balaban J connectivity index is 2.38. The average molecular weight is 223 g/mol. The molecule has 3 nitrogen and oxygen atoms in total. The fraction of sp³-hybridized carbons (Fsp3) is 0.0909. The summed E-state index contributed by atoms with van der Waals surface area (Å²) >= 11 is 0. The summed E-state index contributed by atoms with van der Waals surface area (Å²) in [7, 11) is 0. The molecule has 4 N–H and O–H groups in total. The van der Waals surface area contributed by atoms with Gasteiger partial charge in [0.05, 0.1) is 0 Å². The minimum absolute atomic E-state index is 0.331. The molecular formula is C11H11F2N3. The van der Waals surface area contributed by atoms with Crippen LogP contribution >= 0.6 is 0 Å². The van der Waals surface area contributed by atoms with Gasteiger partial charge in [-0.15, -0.1) is 0 Å². The van der Waals surface area contributed by atoms with E-state index in [-0.39, 0.29) is 0 Å². The van der Waals surface area contributed by atoms with Crippen molar-refractivity contribution in [1.29, 1.82) is 0 Å². The average Bonchev–Trinajstić information content (AvgIpc) is 2.20. The molecule has 0 spiro atoms. The highest BCUT2D eigenvalue weighted by Crippen LogP contribution is 2.22. The highest BCUT2D eigenvalue weighted by molar-refractivity contribution is 5.54. The molecule has 1 unspecified atom stereocenters. The molecule has 0 saturated carbocycles. The Morgan fingerprint density at radius 2 is 1.75 bits per heavy atom. The summed E-state index contributed by atoms with van der Waals surface area (Å²) in [5.41, 5.74) is 12.2. The molecule has 0 bridgehead atoms. The molecule has 5 heteroatoms. The summed E-state index contributed by atoms with van der Waals surface area (Å²) in [5.74, 6) is -1.30. The van der Waals surface area contributed by atoms with Crippen molar-refractivity contribution in [2.24, 2.45) is 11.5 Å². The van der Waals surface area contributed by atoms with Crippen molar-refractivity contribution in [2.75, 3.05) is 4.90 Å². The summed E-state index contributed by atoms with van der Waals surface area (Å²) in [4.78, 5) is 1.50. The minimum Gasteiger partial charge on any atom is -0.399 e. The van der Waals surface area contributed by atoms with E-state index in [1.54, 1.807) is 18.4 Å². The normalized spacial score (nSPS) is 19.8. The van der Waals surface area contributed by atoms with Crippen molar-refractivity contribution >= 4 is 5.69 Å². The number of benzene rings is 1. The molecule has 1 aliphatic heterocycles. The van der Waals surface area contributed by atoms with Crippen LogP contribution in [0.2, 0.25) is 0 Å². The summed E-state index contributed by atoms with van der Waals surface area (Å²) in [6, 6.07) is 3.21. The second-order valence-electron chi connectivity index (χ2n) is 3.49. The van der Waals surface area contributed by atoms with Crippen molar-refractivity contribution in [3.05, 3.63) is 53.9 Å². The Labute approximate surface area is 91.6 Å². The summed E-state index contributed by atoms with van der Waals surface area (Å²) in [6.07, 6.45) is 4.33. The number of anilines is 1. The standard InChI is InChI=1S/C11H11F2N3/c12-7-4-8(13)6-9(5-7)16-3-1-2-10(14)11(16)15/h1-6,11H,14-15H2.